The Labute approximate surface area is 205 Å². The molecule has 2 heterocycles. The van der Waals surface area contributed by atoms with Crippen LogP contribution in [-0.2, 0) is 17.6 Å². The number of benzene rings is 1. The maximum atomic E-state index is 6.52. The first-order valence-electron chi connectivity index (χ1n) is 10.2. The lowest BCUT2D eigenvalue weighted by Gasteiger charge is -2.35. The molecule has 1 aromatic heterocycles. The van der Waals surface area contributed by atoms with Crippen molar-refractivity contribution in [2.75, 3.05) is 46.4 Å². The van der Waals surface area contributed by atoms with Gasteiger partial charge in [0.2, 0.25) is 0 Å². The number of aromatic nitrogens is 1. The van der Waals surface area contributed by atoms with E-state index in [2.05, 4.69) is 38.5 Å². The van der Waals surface area contributed by atoms with Crippen LogP contribution in [0.25, 0.3) is 0 Å². The number of hydrogen-bond acceptors (Lipinski definition) is 5. The van der Waals surface area contributed by atoms with E-state index in [0.29, 0.717) is 0 Å². The van der Waals surface area contributed by atoms with Crippen molar-refractivity contribution in [3.63, 3.8) is 0 Å². The van der Waals surface area contributed by atoms with E-state index in [1.165, 1.54) is 4.88 Å². The van der Waals surface area contributed by atoms with Crippen molar-refractivity contribution < 1.29 is 4.74 Å². The number of ether oxygens (including phenoxy) is 1. The van der Waals surface area contributed by atoms with E-state index in [-0.39, 0.29) is 30.0 Å². The monoisotopic (exact) mass is 563 g/mol. The van der Waals surface area contributed by atoms with Crippen LogP contribution in [0.15, 0.2) is 35.5 Å². The van der Waals surface area contributed by atoms with Gasteiger partial charge in [-0.05, 0) is 18.1 Å². The minimum Gasteiger partial charge on any atom is -0.379 e. The van der Waals surface area contributed by atoms with Crippen LogP contribution in [0.1, 0.15) is 28.4 Å². The van der Waals surface area contributed by atoms with Crippen LogP contribution in [0.4, 0.5) is 0 Å². The fourth-order valence-corrected chi connectivity index (χ4v) is 4.52. The van der Waals surface area contributed by atoms with Crippen LogP contribution in [0.3, 0.4) is 0 Å². The summed E-state index contributed by atoms with van der Waals surface area (Å²) in [5, 5.41) is 8.83. The topological polar surface area (TPSA) is 61.8 Å². The van der Waals surface area contributed by atoms with Gasteiger partial charge in [0.05, 0.1) is 24.3 Å². The van der Waals surface area contributed by atoms with Crippen molar-refractivity contribution in [3.05, 3.63) is 50.9 Å². The number of hydrogen-bond donors (Lipinski definition) is 2. The maximum absolute atomic E-state index is 6.52. The van der Waals surface area contributed by atoms with Crippen molar-refractivity contribution >= 4 is 52.9 Å². The van der Waals surface area contributed by atoms with Gasteiger partial charge < -0.3 is 15.4 Å². The average Bonchev–Trinajstić information content (AvgIpc) is 3.22. The molecule has 2 N–H and O–H groups in total. The molecule has 0 aliphatic carbocycles. The minimum absolute atomic E-state index is 0. The molecule has 1 atom stereocenters. The third kappa shape index (κ3) is 7.33. The molecule has 0 saturated carbocycles. The predicted molar refractivity (Wildman–Crippen MR) is 137 cm³/mol. The molecule has 1 aliphatic heterocycles. The van der Waals surface area contributed by atoms with Crippen LogP contribution in [-0.4, -0.2) is 62.3 Å². The van der Waals surface area contributed by atoms with Gasteiger partial charge >= 0.3 is 0 Å². The van der Waals surface area contributed by atoms with Gasteiger partial charge in [0.1, 0.15) is 0 Å². The Morgan fingerprint density at radius 3 is 2.73 bits per heavy atom. The first kappa shape index (κ1) is 25.3. The number of guanidine groups is 1. The van der Waals surface area contributed by atoms with E-state index in [4.69, 9.17) is 16.3 Å². The van der Waals surface area contributed by atoms with Crippen molar-refractivity contribution in [2.45, 2.75) is 25.8 Å². The molecule has 9 heteroatoms. The van der Waals surface area contributed by atoms with E-state index in [9.17, 15) is 0 Å². The highest BCUT2D eigenvalue weighted by molar-refractivity contribution is 14.0. The summed E-state index contributed by atoms with van der Waals surface area (Å²) < 4.78 is 5.53. The fraction of sp³-hybridized carbons (Fsp3) is 0.524. The van der Waals surface area contributed by atoms with Crippen molar-refractivity contribution in [1.82, 2.24) is 20.5 Å². The number of thiazole rings is 1. The van der Waals surface area contributed by atoms with Gasteiger partial charge in [-0.15, -0.1) is 35.3 Å². The molecule has 0 bridgehead atoms. The number of morpholine rings is 1. The molecule has 1 saturated heterocycles. The summed E-state index contributed by atoms with van der Waals surface area (Å²) in [5.41, 5.74) is 1.13. The number of aliphatic imine (C=N–C) groups is 1. The summed E-state index contributed by atoms with van der Waals surface area (Å²) in [6, 6.07) is 8.24. The van der Waals surface area contributed by atoms with Crippen LogP contribution in [0.5, 0.6) is 0 Å². The molecule has 1 aromatic carbocycles. The lowest BCUT2D eigenvalue weighted by molar-refractivity contribution is 0.0170. The molecule has 0 amide bonds. The Kier molecular flexibility index (Phi) is 11.4. The van der Waals surface area contributed by atoms with Crippen molar-refractivity contribution in [2.24, 2.45) is 4.99 Å². The molecule has 1 aliphatic rings. The molecule has 166 valence electrons. The molecular weight excluding hydrogens is 533 g/mol. The average molecular weight is 564 g/mol. The molecule has 6 nitrogen and oxygen atoms in total. The third-order valence-corrected chi connectivity index (χ3v) is 6.56. The summed E-state index contributed by atoms with van der Waals surface area (Å²) in [5.74, 6) is 0.794. The Bertz CT molecular complexity index is 797. The largest absolute Gasteiger partial charge is 0.379 e. The Morgan fingerprint density at radius 2 is 2.07 bits per heavy atom. The minimum atomic E-state index is 0. The highest BCUT2D eigenvalue weighted by Crippen LogP contribution is 2.27. The zero-order valence-corrected chi connectivity index (χ0v) is 21.5. The number of aryl methyl sites for hydroxylation is 1. The molecule has 0 radical (unpaired) electrons. The van der Waals surface area contributed by atoms with Crippen molar-refractivity contribution in [1.29, 1.82) is 0 Å². The van der Waals surface area contributed by atoms with Gasteiger partial charge in [-0.2, -0.15) is 0 Å². The number of nitrogens with one attached hydrogen (secondary N) is 2. The Hall–Kier alpha value is -0.940. The van der Waals surface area contributed by atoms with E-state index in [1.807, 2.05) is 24.4 Å². The van der Waals surface area contributed by atoms with Gasteiger partial charge in [-0.3, -0.25) is 9.89 Å². The van der Waals surface area contributed by atoms with Crippen LogP contribution in [0, 0.1) is 0 Å². The van der Waals surface area contributed by atoms with Gasteiger partial charge in [0.15, 0.2) is 5.96 Å². The zero-order valence-electron chi connectivity index (χ0n) is 17.6. The fourth-order valence-electron chi connectivity index (χ4n) is 3.40. The molecule has 3 rings (SSSR count). The lowest BCUT2D eigenvalue weighted by Crippen LogP contribution is -2.46. The molecule has 30 heavy (non-hydrogen) atoms. The molecule has 2 aromatic rings. The van der Waals surface area contributed by atoms with E-state index in [0.717, 1.165) is 73.8 Å². The predicted octanol–water partition coefficient (Wildman–Crippen LogP) is 3.76. The second kappa shape index (κ2) is 13.5. The summed E-state index contributed by atoms with van der Waals surface area (Å²) in [6.45, 7) is 6.97. The molecule has 1 unspecified atom stereocenters. The van der Waals surface area contributed by atoms with Gasteiger partial charge in [0.25, 0.3) is 0 Å². The van der Waals surface area contributed by atoms with Gasteiger partial charge in [-0.1, -0.05) is 36.7 Å². The first-order chi connectivity index (χ1) is 14.2. The third-order valence-electron chi connectivity index (χ3n) is 5.02. The molecule has 1 fully saturated rings. The van der Waals surface area contributed by atoms with Crippen LogP contribution in [0.2, 0.25) is 5.02 Å². The summed E-state index contributed by atoms with van der Waals surface area (Å²) in [6.07, 6.45) is 3.91. The molecular formula is C21H31ClIN5OS. The van der Waals surface area contributed by atoms with Crippen molar-refractivity contribution in [3.8, 4) is 0 Å². The number of halogens is 2. The number of rotatable bonds is 8. The Balaban J connectivity index is 0.00000320. The highest BCUT2D eigenvalue weighted by Gasteiger charge is 2.24. The first-order valence-corrected chi connectivity index (χ1v) is 11.3. The quantitative estimate of drug-likeness (QED) is 0.291. The zero-order chi connectivity index (χ0) is 20.5. The standard InChI is InChI=1S/C21H30ClN5OS.HI/c1-3-16-14-25-20(29-16)8-9-24-21(23-2)26-15-19(27-10-12-28-13-11-27)17-6-4-5-7-18(17)22;/h4-7,14,19H,3,8-13,15H2,1-2H3,(H2,23,24,26);1H. The lowest BCUT2D eigenvalue weighted by atomic mass is 10.0. The normalized spacial score (nSPS) is 16.0. The summed E-state index contributed by atoms with van der Waals surface area (Å²) in [4.78, 5) is 12.6. The van der Waals surface area contributed by atoms with E-state index < -0.39 is 0 Å². The van der Waals surface area contributed by atoms with Gasteiger partial charge in [-0.25, -0.2) is 4.98 Å². The maximum Gasteiger partial charge on any atom is 0.191 e. The van der Waals surface area contributed by atoms with Crippen LogP contribution >= 0.6 is 46.9 Å². The van der Waals surface area contributed by atoms with Gasteiger partial charge in [0, 0.05) is 55.7 Å². The Morgan fingerprint density at radius 1 is 1.30 bits per heavy atom. The van der Waals surface area contributed by atoms with E-state index >= 15 is 0 Å². The number of nitrogens with zero attached hydrogens (tertiary/aromatic N) is 3. The molecule has 0 spiro atoms. The highest BCUT2D eigenvalue weighted by atomic mass is 127. The van der Waals surface area contributed by atoms with E-state index in [1.54, 1.807) is 18.4 Å². The second-order valence-corrected chi connectivity index (χ2v) is 8.50. The second-order valence-electron chi connectivity index (χ2n) is 6.89. The van der Waals surface area contributed by atoms with Crippen LogP contribution < -0.4 is 10.6 Å². The summed E-state index contributed by atoms with van der Waals surface area (Å²) >= 11 is 8.30. The summed E-state index contributed by atoms with van der Waals surface area (Å²) in [7, 11) is 1.80. The smallest absolute Gasteiger partial charge is 0.191 e. The SMILES string of the molecule is CCc1cnc(CCNC(=NC)NCC(c2ccccc2Cl)N2CCOCC2)s1.I.